The molecule has 0 saturated carbocycles. The highest BCUT2D eigenvalue weighted by Gasteiger charge is 2.16. The molecule has 1 unspecified atom stereocenters. The number of halogens is 4. The molecule has 1 N–H and O–H groups in total. The molecule has 0 fully saturated rings. The lowest BCUT2D eigenvalue weighted by atomic mass is 10.1. The van der Waals surface area contributed by atoms with Crippen LogP contribution >= 0.6 is 34.8 Å². The summed E-state index contributed by atoms with van der Waals surface area (Å²) in [6, 6.07) is 10.1. The quantitative estimate of drug-likeness (QED) is 0.715. The molecule has 5 heteroatoms. The summed E-state index contributed by atoms with van der Waals surface area (Å²) in [5, 5.41) is 4.44. The Labute approximate surface area is 132 Å². The van der Waals surface area contributed by atoms with E-state index in [0.717, 1.165) is 5.56 Å². The van der Waals surface area contributed by atoms with Crippen molar-refractivity contribution >= 4 is 34.8 Å². The first kappa shape index (κ1) is 15.6. The molecule has 0 amide bonds. The van der Waals surface area contributed by atoms with Crippen molar-refractivity contribution in [3.8, 4) is 0 Å². The Morgan fingerprint density at radius 1 is 1.15 bits per heavy atom. The summed E-state index contributed by atoms with van der Waals surface area (Å²) in [6.45, 7) is 2.47. The fraction of sp³-hybridized carbons (Fsp3) is 0.200. The van der Waals surface area contributed by atoms with Crippen LogP contribution in [0.15, 0.2) is 36.4 Å². The van der Waals surface area contributed by atoms with E-state index in [2.05, 4.69) is 5.32 Å². The summed E-state index contributed by atoms with van der Waals surface area (Å²) in [6.07, 6.45) is 0. The second-order valence-electron chi connectivity index (χ2n) is 4.49. The average Bonchev–Trinajstić information content (AvgIpc) is 2.41. The molecule has 20 heavy (non-hydrogen) atoms. The molecular formula is C15H13Cl3FN. The Bertz CT molecular complexity index is 616. The molecule has 0 heterocycles. The molecule has 1 atom stereocenters. The van der Waals surface area contributed by atoms with Gasteiger partial charge in [-0.15, -0.1) is 0 Å². The molecule has 2 aromatic carbocycles. The Balaban J connectivity index is 2.13. The van der Waals surface area contributed by atoms with E-state index in [1.807, 2.05) is 31.2 Å². The van der Waals surface area contributed by atoms with Gasteiger partial charge < -0.3 is 5.32 Å². The maximum absolute atomic E-state index is 13.5. The molecule has 1 nitrogen and oxygen atoms in total. The molecular weight excluding hydrogens is 320 g/mol. The van der Waals surface area contributed by atoms with E-state index in [4.69, 9.17) is 34.8 Å². The molecule has 0 radical (unpaired) electrons. The fourth-order valence-corrected chi connectivity index (χ4v) is 2.87. The van der Waals surface area contributed by atoms with Crippen molar-refractivity contribution in [1.82, 2.24) is 5.32 Å². The van der Waals surface area contributed by atoms with E-state index >= 15 is 0 Å². The largest absolute Gasteiger partial charge is 0.306 e. The Kier molecular flexibility index (Phi) is 5.28. The minimum Gasteiger partial charge on any atom is -0.306 e. The summed E-state index contributed by atoms with van der Waals surface area (Å²) in [4.78, 5) is 0. The van der Waals surface area contributed by atoms with Gasteiger partial charge in [0.15, 0.2) is 0 Å². The van der Waals surface area contributed by atoms with Gasteiger partial charge in [0.1, 0.15) is 5.82 Å². The van der Waals surface area contributed by atoms with Crippen LogP contribution < -0.4 is 5.32 Å². The van der Waals surface area contributed by atoms with E-state index in [-0.39, 0.29) is 11.1 Å². The molecule has 0 saturated heterocycles. The van der Waals surface area contributed by atoms with Crippen LogP contribution in [0, 0.1) is 5.82 Å². The van der Waals surface area contributed by atoms with Gasteiger partial charge in [-0.3, -0.25) is 0 Å². The number of nitrogens with one attached hydrogen (secondary N) is 1. The smallest absolute Gasteiger partial charge is 0.142 e. The van der Waals surface area contributed by atoms with Crippen LogP contribution in [0.25, 0.3) is 0 Å². The first-order valence-corrected chi connectivity index (χ1v) is 7.23. The minimum atomic E-state index is -0.470. The predicted octanol–water partition coefficient (Wildman–Crippen LogP) is 5.64. The normalized spacial score (nSPS) is 12.4. The van der Waals surface area contributed by atoms with Gasteiger partial charge in [0, 0.05) is 28.2 Å². The monoisotopic (exact) mass is 331 g/mol. The number of benzene rings is 2. The fourth-order valence-electron chi connectivity index (χ4n) is 1.96. The van der Waals surface area contributed by atoms with Gasteiger partial charge in [-0.2, -0.15) is 0 Å². The number of hydrogen-bond donors (Lipinski definition) is 1. The number of rotatable bonds is 4. The van der Waals surface area contributed by atoms with Crippen molar-refractivity contribution in [3.05, 3.63) is 68.4 Å². The zero-order valence-electron chi connectivity index (χ0n) is 10.8. The van der Waals surface area contributed by atoms with E-state index in [9.17, 15) is 4.39 Å². The Morgan fingerprint density at radius 2 is 1.90 bits per heavy atom. The Hall–Kier alpha value is -0.800. The molecule has 0 bridgehead atoms. The summed E-state index contributed by atoms with van der Waals surface area (Å²) < 4.78 is 13.5. The predicted molar refractivity (Wildman–Crippen MR) is 83.1 cm³/mol. The van der Waals surface area contributed by atoms with E-state index in [1.54, 1.807) is 0 Å². The average molecular weight is 333 g/mol. The SMILES string of the molecule is CC(NCc1cccc(Cl)c1)c1c(Cl)ccc(F)c1Cl. The van der Waals surface area contributed by atoms with Gasteiger partial charge in [-0.05, 0) is 36.8 Å². The lowest BCUT2D eigenvalue weighted by Crippen LogP contribution is -2.19. The van der Waals surface area contributed by atoms with Gasteiger partial charge in [0.2, 0.25) is 0 Å². The lowest BCUT2D eigenvalue weighted by molar-refractivity contribution is 0.565. The first-order chi connectivity index (χ1) is 9.49. The van der Waals surface area contributed by atoms with Crippen LogP contribution in [-0.2, 0) is 6.54 Å². The van der Waals surface area contributed by atoms with Crippen molar-refractivity contribution in [3.63, 3.8) is 0 Å². The van der Waals surface area contributed by atoms with Crippen molar-refractivity contribution in [2.45, 2.75) is 19.5 Å². The zero-order chi connectivity index (χ0) is 14.7. The van der Waals surface area contributed by atoms with Gasteiger partial charge in [-0.1, -0.05) is 46.9 Å². The van der Waals surface area contributed by atoms with Crippen LogP contribution in [0.1, 0.15) is 24.1 Å². The standard InChI is InChI=1S/C15H13Cl3FN/c1-9(14-12(17)5-6-13(19)15(14)18)20-8-10-3-2-4-11(16)7-10/h2-7,9,20H,8H2,1H3. The molecule has 106 valence electrons. The molecule has 2 rings (SSSR count). The first-order valence-electron chi connectivity index (χ1n) is 6.10. The van der Waals surface area contributed by atoms with Gasteiger partial charge in [0.05, 0.1) is 5.02 Å². The van der Waals surface area contributed by atoms with Gasteiger partial charge in [0.25, 0.3) is 0 Å². The highest BCUT2D eigenvalue weighted by atomic mass is 35.5. The molecule has 0 aromatic heterocycles. The van der Waals surface area contributed by atoms with Crippen LogP contribution in [0.3, 0.4) is 0 Å². The second-order valence-corrected chi connectivity index (χ2v) is 5.71. The number of hydrogen-bond acceptors (Lipinski definition) is 1. The third-order valence-corrected chi connectivity index (χ3v) is 3.96. The minimum absolute atomic E-state index is 0.0589. The molecule has 0 aliphatic rings. The third-order valence-electron chi connectivity index (χ3n) is 3.01. The lowest BCUT2D eigenvalue weighted by Gasteiger charge is -2.17. The topological polar surface area (TPSA) is 12.0 Å². The van der Waals surface area contributed by atoms with E-state index in [0.29, 0.717) is 22.2 Å². The summed E-state index contributed by atoms with van der Waals surface area (Å²) in [5.41, 5.74) is 1.60. The van der Waals surface area contributed by atoms with Crippen molar-refractivity contribution in [2.24, 2.45) is 0 Å². The molecule has 0 aliphatic heterocycles. The maximum atomic E-state index is 13.5. The molecule has 2 aromatic rings. The van der Waals surface area contributed by atoms with E-state index in [1.165, 1.54) is 12.1 Å². The van der Waals surface area contributed by atoms with Crippen LogP contribution in [0.5, 0.6) is 0 Å². The Morgan fingerprint density at radius 3 is 2.60 bits per heavy atom. The second kappa shape index (κ2) is 6.77. The molecule has 0 spiro atoms. The third kappa shape index (κ3) is 3.64. The van der Waals surface area contributed by atoms with Crippen LogP contribution in [-0.4, -0.2) is 0 Å². The van der Waals surface area contributed by atoms with E-state index < -0.39 is 5.82 Å². The van der Waals surface area contributed by atoms with Gasteiger partial charge >= 0.3 is 0 Å². The summed E-state index contributed by atoms with van der Waals surface area (Å²) >= 11 is 18.0. The highest BCUT2D eigenvalue weighted by Crippen LogP contribution is 2.32. The van der Waals surface area contributed by atoms with Crippen LogP contribution in [0.2, 0.25) is 15.1 Å². The van der Waals surface area contributed by atoms with Crippen molar-refractivity contribution < 1.29 is 4.39 Å². The summed E-state index contributed by atoms with van der Waals surface area (Å²) in [7, 11) is 0. The molecule has 0 aliphatic carbocycles. The maximum Gasteiger partial charge on any atom is 0.142 e. The highest BCUT2D eigenvalue weighted by molar-refractivity contribution is 6.36. The van der Waals surface area contributed by atoms with Crippen molar-refractivity contribution in [2.75, 3.05) is 0 Å². The zero-order valence-corrected chi connectivity index (χ0v) is 13.0. The summed E-state index contributed by atoms with van der Waals surface area (Å²) in [5.74, 6) is -0.470. The van der Waals surface area contributed by atoms with Crippen LogP contribution in [0.4, 0.5) is 4.39 Å². The van der Waals surface area contributed by atoms with Crippen molar-refractivity contribution in [1.29, 1.82) is 0 Å². The van der Waals surface area contributed by atoms with Gasteiger partial charge in [-0.25, -0.2) is 4.39 Å².